The Balaban J connectivity index is 2.35. The second-order valence-corrected chi connectivity index (χ2v) is 5.30. The van der Waals surface area contributed by atoms with Gasteiger partial charge in [-0.25, -0.2) is 4.79 Å². The molecule has 0 spiro atoms. The Bertz CT molecular complexity index is 873. The van der Waals surface area contributed by atoms with Crippen molar-refractivity contribution in [1.29, 1.82) is 0 Å². The van der Waals surface area contributed by atoms with Gasteiger partial charge in [-0.1, -0.05) is 0 Å². The lowest BCUT2D eigenvalue weighted by Gasteiger charge is -2.17. The number of carbonyl (C=O) groups is 3. The number of benzene rings is 1. The zero-order valence-corrected chi connectivity index (χ0v) is 15.4. The summed E-state index contributed by atoms with van der Waals surface area (Å²) in [5, 5.41) is 13.8. The Labute approximate surface area is 160 Å². The van der Waals surface area contributed by atoms with Gasteiger partial charge in [0.15, 0.2) is 5.76 Å². The van der Waals surface area contributed by atoms with Crippen molar-refractivity contribution in [2.45, 2.75) is 13.8 Å². The summed E-state index contributed by atoms with van der Waals surface area (Å²) in [6, 6.07) is 6.10. The fourth-order valence-corrected chi connectivity index (χ4v) is 2.22. The normalized spacial score (nSPS) is 10.5. The number of nitrogens with one attached hydrogen (secondary N) is 2. The molecule has 9 nitrogen and oxygen atoms in total. The van der Waals surface area contributed by atoms with Crippen LogP contribution in [0.3, 0.4) is 0 Å². The molecule has 0 unspecified atom stereocenters. The molecule has 148 valence electrons. The molecule has 0 radical (unpaired) electrons. The van der Waals surface area contributed by atoms with Crippen molar-refractivity contribution < 1.29 is 33.4 Å². The molecule has 2 amide bonds. The van der Waals surface area contributed by atoms with Crippen molar-refractivity contribution in [3.8, 4) is 11.5 Å². The molecule has 0 fully saturated rings. The molecule has 2 aromatic rings. The molecule has 0 aliphatic rings. The van der Waals surface area contributed by atoms with Crippen LogP contribution in [0.1, 0.15) is 24.4 Å². The molecular weight excluding hydrogens is 368 g/mol. The van der Waals surface area contributed by atoms with Crippen LogP contribution in [-0.2, 0) is 9.59 Å². The highest BCUT2D eigenvalue weighted by atomic mass is 16.5. The highest BCUT2D eigenvalue weighted by Gasteiger charge is 2.17. The molecule has 0 aliphatic carbocycles. The summed E-state index contributed by atoms with van der Waals surface area (Å²) in [7, 11) is 0. The predicted molar refractivity (Wildman–Crippen MR) is 101 cm³/mol. The van der Waals surface area contributed by atoms with Crippen LogP contribution in [0.4, 0.5) is 11.4 Å². The number of carboxylic acids is 1. The molecule has 3 N–H and O–H groups in total. The predicted octanol–water partition coefficient (Wildman–Crippen LogP) is 2.91. The maximum absolute atomic E-state index is 12.3. The van der Waals surface area contributed by atoms with E-state index in [1.165, 1.54) is 24.5 Å². The quantitative estimate of drug-likeness (QED) is 0.564. The van der Waals surface area contributed by atoms with Gasteiger partial charge in [0.2, 0.25) is 5.91 Å². The van der Waals surface area contributed by atoms with Gasteiger partial charge in [-0.15, -0.1) is 0 Å². The van der Waals surface area contributed by atoms with Crippen LogP contribution in [0.2, 0.25) is 0 Å². The van der Waals surface area contributed by atoms with Crippen molar-refractivity contribution in [3.05, 3.63) is 48.4 Å². The SMILES string of the molecule is CCOc1cc(NC(=O)c2ccco2)c(OCC)cc1NC(=O)C=CC(=O)O. The third-order valence-electron chi connectivity index (χ3n) is 3.31. The molecule has 1 aromatic heterocycles. The standard InChI is InChI=1S/C19H20N2O7/c1-3-26-15-11-13(21-19(25)14-6-5-9-28-14)16(27-4-2)10-12(15)20-17(22)7-8-18(23)24/h5-11H,3-4H2,1-2H3,(H,20,22)(H,21,25)(H,23,24). The molecule has 28 heavy (non-hydrogen) atoms. The van der Waals surface area contributed by atoms with Crippen LogP contribution in [0.5, 0.6) is 11.5 Å². The van der Waals surface area contributed by atoms with Crippen molar-refractivity contribution >= 4 is 29.2 Å². The van der Waals surface area contributed by atoms with Crippen molar-refractivity contribution in [1.82, 2.24) is 0 Å². The Morgan fingerprint density at radius 2 is 1.64 bits per heavy atom. The summed E-state index contributed by atoms with van der Waals surface area (Å²) in [6.07, 6.45) is 2.98. The lowest BCUT2D eigenvalue weighted by molar-refractivity contribution is -0.131. The Kier molecular flexibility index (Phi) is 7.21. The van der Waals surface area contributed by atoms with Gasteiger partial charge in [-0.2, -0.15) is 0 Å². The number of furan rings is 1. The van der Waals surface area contributed by atoms with Crippen LogP contribution in [0.15, 0.2) is 47.1 Å². The van der Waals surface area contributed by atoms with Gasteiger partial charge >= 0.3 is 5.97 Å². The van der Waals surface area contributed by atoms with Crippen LogP contribution in [0.25, 0.3) is 0 Å². The summed E-state index contributed by atoms with van der Waals surface area (Å²) in [4.78, 5) is 34.7. The van der Waals surface area contributed by atoms with E-state index in [0.717, 1.165) is 12.2 Å². The first kappa shape index (κ1) is 20.6. The summed E-state index contributed by atoms with van der Waals surface area (Å²) in [5.41, 5.74) is 0.590. The average molecular weight is 388 g/mol. The number of carbonyl (C=O) groups excluding carboxylic acids is 2. The lowest BCUT2D eigenvalue weighted by Crippen LogP contribution is -2.14. The zero-order chi connectivity index (χ0) is 20.5. The Hall–Kier alpha value is -3.75. The van der Waals surface area contributed by atoms with Crippen molar-refractivity contribution in [3.63, 3.8) is 0 Å². The summed E-state index contributed by atoms with van der Waals surface area (Å²) in [5.74, 6) is -1.68. The Morgan fingerprint density at radius 1 is 1.04 bits per heavy atom. The van der Waals surface area contributed by atoms with Crippen LogP contribution < -0.4 is 20.1 Å². The highest BCUT2D eigenvalue weighted by Crippen LogP contribution is 2.37. The molecule has 0 bridgehead atoms. The largest absolute Gasteiger partial charge is 0.492 e. The van der Waals surface area contributed by atoms with E-state index in [-0.39, 0.29) is 17.2 Å². The maximum Gasteiger partial charge on any atom is 0.328 e. The molecule has 1 heterocycles. The number of hydrogen-bond acceptors (Lipinski definition) is 6. The van der Waals surface area contributed by atoms with Crippen LogP contribution in [-0.4, -0.2) is 36.1 Å². The number of ether oxygens (including phenoxy) is 2. The molecule has 0 atom stereocenters. The van der Waals surface area contributed by atoms with E-state index in [9.17, 15) is 14.4 Å². The highest BCUT2D eigenvalue weighted by molar-refractivity contribution is 6.05. The van der Waals surface area contributed by atoms with E-state index in [0.29, 0.717) is 24.7 Å². The number of amides is 2. The molecular formula is C19H20N2O7. The van der Waals surface area contributed by atoms with Crippen LogP contribution >= 0.6 is 0 Å². The zero-order valence-electron chi connectivity index (χ0n) is 15.4. The molecule has 0 saturated carbocycles. The van der Waals surface area contributed by atoms with E-state index in [1.54, 1.807) is 19.9 Å². The van der Waals surface area contributed by atoms with E-state index >= 15 is 0 Å². The number of aliphatic carboxylic acids is 1. The Morgan fingerprint density at radius 3 is 2.14 bits per heavy atom. The summed E-state index contributed by atoms with van der Waals surface area (Å²) < 4.78 is 16.1. The fourth-order valence-electron chi connectivity index (χ4n) is 2.22. The van der Waals surface area contributed by atoms with E-state index < -0.39 is 17.8 Å². The average Bonchev–Trinajstić information content (AvgIpc) is 3.18. The number of carboxylic acid groups (broad SMARTS) is 1. The number of hydrogen-bond donors (Lipinski definition) is 3. The second kappa shape index (κ2) is 9.81. The van der Waals surface area contributed by atoms with Gasteiger partial charge in [0.05, 0.1) is 30.9 Å². The smallest absolute Gasteiger partial charge is 0.328 e. The molecule has 9 heteroatoms. The summed E-state index contributed by atoms with van der Waals surface area (Å²) >= 11 is 0. The minimum Gasteiger partial charge on any atom is -0.492 e. The minimum atomic E-state index is -1.24. The molecule has 0 aliphatic heterocycles. The minimum absolute atomic E-state index is 0.122. The van der Waals surface area contributed by atoms with Gasteiger partial charge < -0.3 is 29.6 Å². The maximum atomic E-state index is 12.3. The monoisotopic (exact) mass is 388 g/mol. The molecule has 0 saturated heterocycles. The van der Waals surface area contributed by atoms with Gasteiger partial charge in [-0.3, -0.25) is 9.59 Å². The third kappa shape index (κ3) is 5.63. The van der Waals surface area contributed by atoms with E-state index in [4.69, 9.17) is 19.0 Å². The summed E-state index contributed by atoms with van der Waals surface area (Å²) in [6.45, 7) is 4.13. The fraction of sp³-hybridized carbons (Fsp3) is 0.211. The molecule has 1 aromatic carbocycles. The van der Waals surface area contributed by atoms with Crippen molar-refractivity contribution in [2.24, 2.45) is 0 Å². The lowest BCUT2D eigenvalue weighted by atomic mass is 10.2. The first-order valence-corrected chi connectivity index (χ1v) is 8.45. The molecule has 2 rings (SSSR count). The number of rotatable bonds is 9. The van der Waals surface area contributed by atoms with Gasteiger partial charge in [0.25, 0.3) is 5.91 Å². The third-order valence-corrected chi connectivity index (χ3v) is 3.31. The van der Waals surface area contributed by atoms with Gasteiger partial charge in [0.1, 0.15) is 11.5 Å². The second-order valence-electron chi connectivity index (χ2n) is 5.30. The first-order valence-electron chi connectivity index (χ1n) is 8.45. The van der Waals surface area contributed by atoms with E-state index in [2.05, 4.69) is 10.6 Å². The van der Waals surface area contributed by atoms with E-state index in [1.807, 2.05) is 0 Å². The topological polar surface area (TPSA) is 127 Å². The van der Waals surface area contributed by atoms with Gasteiger partial charge in [0, 0.05) is 24.3 Å². The number of anilines is 2. The van der Waals surface area contributed by atoms with Crippen molar-refractivity contribution in [2.75, 3.05) is 23.8 Å². The first-order chi connectivity index (χ1) is 13.4. The van der Waals surface area contributed by atoms with Gasteiger partial charge in [-0.05, 0) is 26.0 Å². The van der Waals surface area contributed by atoms with Crippen LogP contribution in [0, 0.1) is 0 Å².